The molecule has 2 saturated carbocycles. The highest BCUT2D eigenvalue weighted by molar-refractivity contribution is 5.18. The van der Waals surface area contributed by atoms with E-state index in [1.807, 2.05) is 0 Å². The summed E-state index contributed by atoms with van der Waals surface area (Å²) in [5, 5.41) is 10.4. The van der Waals surface area contributed by atoms with Crippen molar-refractivity contribution < 1.29 is 9.84 Å². The van der Waals surface area contributed by atoms with Crippen LogP contribution in [-0.4, -0.2) is 22.9 Å². The van der Waals surface area contributed by atoms with E-state index in [9.17, 15) is 5.11 Å². The molecule has 0 aromatic rings. The van der Waals surface area contributed by atoms with E-state index in [1.54, 1.807) is 0 Å². The normalized spacial score (nSPS) is 52.4. The van der Waals surface area contributed by atoms with Crippen molar-refractivity contribution in [2.45, 2.75) is 64.3 Å². The van der Waals surface area contributed by atoms with Crippen LogP contribution in [0.1, 0.15) is 46.5 Å². The number of epoxide rings is 1. The first-order chi connectivity index (χ1) is 7.84. The van der Waals surface area contributed by atoms with Crippen molar-refractivity contribution >= 4 is 0 Å². The Bertz CT molecular complexity index is 360. The summed E-state index contributed by atoms with van der Waals surface area (Å²) >= 11 is 0. The lowest BCUT2D eigenvalue weighted by molar-refractivity contribution is -0.0430. The van der Waals surface area contributed by atoms with Gasteiger partial charge in [0.1, 0.15) is 5.60 Å². The first-order valence-electron chi connectivity index (χ1n) is 6.88. The molecule has 96 valence electrons. The molecule has 1 N–H and O–H groups in total. The molecule has 0 aromatic heterocycles. The molecule has 2 heteroatoms. The van der Waals surface area contributed by atoms with Gasteiger partial charge in [0.25, 0.3) is 0 Å². The van der Waals surface area contributed by atoms with Gasteiger partial charge in [-0.05, 0) is 49.9 Å². The second-order valence-corrected chi connectivity index (χ2v) is 7.14. The molecule has 3 fully saturated rings. The highest BCUT2D eigenvalue weighted by atomic mass is 16.6. The third-order valence-electron chi connectivity index (χ3n) is 5.60. The van der Waals surface area contributed by atoms with Gasteiger partial charge in [0.15, 0.2) is 0 Å². The van der Waals surface area contributed by atoms with Crippen LogP contribution in [0, 0.1) is 17.3 Å². The molecular formula is C15H24O2. The molecule has 0 spiro atoms. The van der Waals surface area contributed by atoms with E-state index in [1.165, 1.54) is 12.0 Å². The Hall–Kier alpha value is -0.340. The lowest BCUT2D eigenvalue weighted by Crippen LogP contribution is -2.47. The molecule has 1 aliphatic heterocycles. The van der Waals surface area contributed by atoms with Crippen LogP contribution in [0.3, 0.4) is 0 Å². The molecular weight excluding hydrogens is 212 g/mol. The standard InChI is InChI=1S/C15H24O2/c1-9-5-6-13-15(4,17-13)12(16)7-11-10(9)8-14(11,2)3/h10-13,16H,1,5-8H2,2-4H3/t10?,11?,12-,13?,15+/m1/s1. The molecule has 0 bridgehead atoms. The molecule has 0 aromatic carbocycles. The van der Waals surface area contributed by atoms with Gasteiger partial charge in [-0.3, -0.25) is 0 Å². The Morgan fingerprint density at radius 3 is 2.71 bits per heavy atom. The van der Waals surface area contributed by atoms with Crippen molar-refractivity contribution in [3.05, 3.63) is 12.2 Å². The molecule has 1 heterocycles. The Morgan fingerprint density at radius 2 is 2.06 bits per heavy atom. The summed E-state index contributed by atoms with van der Waals surface area (Å²) in [6, 6.07) is 0. The molecule has 17 heavy (non-hydrogen) atoms. The molecule has 2 aliphatic carbocycles. The second-order valence-electron chi connectivity index (χ2n) is 7.14. The van der Waals surface area contributed by atoms with E-state index in [0.717, 1.165) is 19.3 Å². The van der Waals surface area contributed by atoms with Crippen LogP contribution in [0.4, 0.5) is 0 Å². The lowest BCUT2D eigenvalue weighted by atomic mass is 9.52. The van der Waals surface area contributed by atoms with Crippen LogP contribution < -0.4 is 0 Å². The summed E-state index contributed by atoms with van der Waals surface area (Å²) in [6.07, 6.45) is 4.19. The molecule has 5 atom stereocenters. The van der Waals surface area contributed by atoms with Crippen molar-refractivity contribution in [3.8, 4) is 0 Å². The minimum Gasteiger partial charge on any atom is -0.390 e. The quantitative estimate of drug-likeness (QED) is 0.518. The predicted octanol–water partition coefficient (Wildman–Crippen LogP) is 2.91. The van der Waals surface area contributed by atoms with E-state index >= 15 is 0 Å². The van der Waals surface area contributed by atoms with Crippen molar-refractivity contribution in [2.75, 3.05) is 0 Å². The van der Waals surface area contributed by atoms with Gasteiger partial charge in [0.05, 0.1) is 12.2 Å². The summed E-state index contributed by atoms with van der Waals surface area (Å²) in [7, 11) is 0. The third kappa shape index (κ3) is 1.61. The van der Waals surface area contributed by atoms with Gasteiger partial charge in [-0.2, -0.15) is 0 Å². The average molecular weight is 236 g/mol. The van der Waals surface area contributed by atoms with Gasteiger partial charge >= 0.3 is 0 Å². The van der Waals surface area contributed by atoms with E-state index in [-0.39, 0.29) is 17.8 Å². The zero-order valence-electron chi connectivity index (χ0n) is 11.2. The molecule has 2 nitrogen and oxygen atoms in total. The molecule has 3 aliphatic rings. The van der Waals surface area contributed by atoms with E-state index < -0.39 is 0 Å². The van der Waals surface area contributed by atoms with Crippen molar-refractivity contribution in [3.63, 3.8) is 0 Å². The largest absolute Gasteiger partial charge is 0.390 e. The van der Waals surface area contributed by atoms with Crippen LogP contribution in [0.15, 0.2) is 12.2 Å². The first kappa shape index (κ1) is 11.7. The summed E-state index contributed by atoms with van der Waals surface area (Å²) in [4.78, 5) is 0. The van der Waals surface area contributed by atoms with Crippen LogP contribution in [-0.2, 0) is 4.74 Å². The summed E-state index contributed by atoms with van der Waals surface area (Å²) < 4.78 is 5.73. The minimum absolute atomic E-state index is 0.259. The van der Waals surface area contributed by atoms with Crippen LogP contribution in [0.5, 0.6) is 0 Å². The smallest absolute Gasteiger partial charge is 0.118 e. The Balaban J connectivity index is 1.83. The molecule has 3 rings (SSSR count). The van der Waals surface area contributed by atoms with Crippen LogP contribution in [0.25, 0.3) is 0 Å². The number of aliphatic hydroxyl groups excluding tert-OH is 1. The van der Waals surface area contributed by atoms with Crippen molar-refractivity contribution in [2.24, 2.45) is 17.3 Å². The zero-order chi connectivity index (χ0) is 12.4. The lowest BCUT2D eigenvalue weighted by Gasteiger charge is -2.53. The topological polar surface area (TPSA) is 32.8 Å². The van der Waals surface area contributed by atoms with Gasteiger partial charge in [-0.15, -0.1) is 0 Å². The van der Waals surface area contributed by atoms with E-state index in [4.69, 9.17) is 4.74 Å². The number of fused-ring (bicyclic) bond motifs is 2. The first-order valence-corrected chi connectivity index (χ1v) is 6.88. The maximum absolute atomic E-state index is 10.4. The third-order valence-corrected chi connectivity index (χ3v) is 5.60. The fourth-order valence-corrected chi connectivity index (χ4v) is 4.04. The van der Waals surface area contributed by atoms with Crippen molar-refractivity contribution in [1.29, 1.82) is 0 Å². The van der Waals surface area contributed by atoms with Crippen LogP contribution >= 0.6 is 0 Å². The highest BCUT2D eigenvalue weighted by Crippen LogP contribution is 2.59. The predicted molar refractivity (Wildman–Crippen MR) is 67.7 cm³/mol. The molecule has 1 saturated heterocycles. The Labute approximate surface area is 104 Å². The van der Waals surface area contributed by atoms with E-state index in [2.05, 4.69) is 27.4 Å². The molecule has 0 radical (unpaired) electrons. The minimum atomic E-state index is -0.300. The van der Waals surface area contributed by atoms with Gasteiger partial charge in [0, 0.05) is 0 Å². The summed E-state index contributed by atoms with van der Waals surface area (Å²) in [6.45, 7) is 11.0. The van der Waals surface area contributed by atoms with E-state index in [0.29, 0.717) is 17.3 Å². The summed E-state index contributed by atoms with van der Waals surface area (Å²) in [5.74, 6) is 1.23. The second kappa shape index (κ2) is 3.36. The maximum Gasteiger partial charge on any atom is 0.118 e. The number of aliphatic hydroxyl groups is 1. The summed E-state index contributed by atoms with van der Waals surface area (Å²) in [5.41, 5.74) is 1.49. The average Bonchev–Trinajstić information content (AvgIpc) is 2.91. The molecule has 0 amide bonds. The number of ether oxygens (including phenoxy) is 1. The monoisotopic (exact) mass is 236 g/mol. The number of hydrogen-bond acceptors (Lipinski definition) is 2. The van der Waals surface area contributed by atoms with Gasteiger partial charge < -0.3 is 9.84 Å². The fourth-order valence-electron chi connectivity index (χ4n) is 4.04. The van der Waals surface area contributed by atoms with Gasteiger partial charge in [0.2, 0.25) is 0 Å². The zero-order valence-corrected chi connectivity index (χ0v) is 11.2. The Morgan fingerprint density at radius 1 is 1.35 bits per heavy atom. The maximum atomic E-state index is 10.4. The van der Waals surface area contributed by atoms with Crippen molar-refractivity contribution in [1.82, 2.24) is 0 Å². The Kier molecular flexibility index (Phi) is 2.32. The number of allylic oxidation sites excluding steroid dienone is 1. The highest BCUT2D eigenvalue weighted by Gasteiger charge is 2.60. The SMILES string of the molecule is C=C1CCC2O[C@@]2(C)[C@H](O)CC2C1CC2(C)C. The van der Waals surface area contributed by atoms with Gasteiger partial charge in [-0.1, -0.05) is 26.0 Å². The molecule has 3 unspecified atom stereocenters. The van der Waals surface area contributed by atoms with Crippen LogP contribution in [0.2, 0.25) is 0 Å². The fraction of sp³-hybridized carbons (Fsp3) is 0.867. The number of rotatable bonds is 0. The number of hydrogen-bond donors (Lipinski definition) is 1. The van der Waals surface area contributed by atoms with Gasteiger partial charge in [-0.25, -0.2) is 0 Å².